The second-order valence-corrected chi connectivity index (χ2v) is 7.23. The van der Waals surface area contributed by atoms with Crippen molar-refractivity contribution in [3.8, 4) is 11.1 Å². The number of nitrogen functional groups attached to an aromatic ring is 1. The van der Waals surface area contributed by atoms with Crippen LogP contribution in [0.3, 0.4) is 0 Å². The van der Waals surface area contributed by atoms with Crippen LogP contribution in [0.15, 0.2) is 59.1 Å². The first-order valence-corrected chi connectivity index (χ1v) is 9.23. The number of nitrogens with one attached hydrogen (secondary N) is 1. The molecule has 136 valence electrons. The van der Waals surface area contributed by atoms with E-state index in [2.05, 4.69) is 33.5 Å². The van der Waals surface area contributed by atoms with Gasteiger partial charge in [-0.3, -0.25) is 4.68 Å². The highest BCUT2D eigenvalue weighted by atomic mass is 79.9. The molecular weight excluding hydrogens is 406 g/mol. The van der Waals surface area contributed by atoms with Gasteiger partial charge in [0.05, 0.1) is 12.6 Å². The first-order chi connectivity index (χ1) is 13.0. The summed E-state index contributed by atoms with van der Waals surface area (Å²) in [7, 11) is 1.35. The highest BCUT2D eigenvalue weighted by Gasteiger charge is 2.20. The minimum absolute atomic E-state index is 0.529. The molecule has 0 saturated heterocycles. The van der Waals surface area contributed by atoms with Gasteiger partial charge in [0.1, 0.15) is 0 Å². The van der Waals surface area contributed by atoms with Crippen LogP contribution in [0.2, 0.25) is 0 Å². The van der Waals surface area contributed by atoms with Gasteiger partial charge in [-0.15, -0.1) is 0 Å². The number of aromatic nitrogens is 1. The smallest absolute Gasteiger partial charge is 0.426 e. The van der Waals surface area contributed by atoms with Crippen molar-refractivity contribution in [3.63, 3.8) is 0 Å². The lowest BCUT2D eigenvalue weighted by atomic mass is 9.97. The number of benzene rings is 3. The Balaban J connectivity index is 2.15. The molecule has 0 radical (unpaired) electrons. The topological polar surface area (TPSA) is 69.3 Å². The van der Waals surface area contributed by atoms with Crippen LogP contribution in [0.5, 0.6) is 0 Å². The minimum atomic E-state index is -0.529. The molecule has 3 N–H and O–H groups in total. The summed E-state index contributed by atoms with van der Waals surface area (Å²) in [6.45, 7) is 1.96. The van der Waals surface area contributed by atoms with Gasteiger partial charge in [-0.1, -0.05) is 46.3 Å². The molecule has 27 heavy (non-hydrogen) atoms. The van der Waals surface area contributed by atoms with Gasteiger partial charge in [-0.25, -0.2) is 10.2 Å². The van der Waals surface area contributed by atoms with Crippen molar-refractivity contribution in [1.82, 2.24) is 4.68 Å². The number of nitrogens with zero attached hydrogens (tertiary/aromatic N) is 1. The van der Waals surface area contributed by atoms with Crippen molar-refractivity contribution in [2.75, 3.05) is 18.3 Å². The second kappa shape index (κ2) is 6.63. The summed E-state index contributed by atoms with van der Waals surface area (Å²) in [4.78, 5) is 11.9. The normalized spacial score (nSPS) is 11.1. The third kappa shape index (κ3) is 2.82. The van der Waals surface area contributed by atoms with Crippen LogP contribution in [0.4, 0.5) is 10.5 Å². The average Bonchev–Trinajstić information content (AvgIpc) is 2.94. The van der Waals surface area contributed by atoms with E-state index in [-0.39, 0.29) is 0 Å². The zero-order chi connectivity index (χ0) is 19.1. The summed E-state index contributed by atoms with van der Waals surface area (Å²) in [6.07, 6.45) is -0.529. The molecule has 0 aliphatic carbocycles. The van der Waals surface area contributed by atoms with E-state index in [9.17, 15) is 4.79 Å². The van der Waals surface area contributed by atoms with Crippen LogP contribution >= 0.6 is 15.9 Å². The molecule has 5 nitrogen and oxygen atoms in total. The monoisotopic (exact) mass is 423 g/mol. The number of para-hydroxylation sites is 1. The predicted octanol–water partition coefficient (Wildman–Crippen LogP) is 5.42. The first-order valence-electron chi connectivity index (χ1n) is 8.44. The number of carbonyl (C=O) groups excluding carboxylic acids is 1. The second-order valence-electron chi connectivity index (χ2n) is 6.31. The summed E-state index contributed by atoms with van der Waals surface area (Å²) in [6, 6.07) is 18.0. The Kier molecular flexibility index (Phi) is 4.28. The quantitative estimate of drug-likeness (QED) is 0.422. The molecule has 0 atom stereocenters. The highest BCUT2D eigenvalue weighted by molar-refractivity contribution is 9.10. The molecule has 0 saturated carbocycles. The molecule has 0 bridgehead atoms. The van der Waals surface area contributed by atoms with Crippen molar-refractivity contribution in [1.29, 1.82) is 0 Å². The van der Waals surface area contributed by atoms with E-state index in [1.54, 1.807) is 4.68 Å². The van der Waals surface area contributed by atoms with Crippen LogP contribution in [0.25, 0.3) is 32.8 Å². The van der Waals surface area contributed by atoms with Crippen molar-refractivity contribution in [2.24, 2.45) is 0 Å². The van der Waals surface area contributed by atoms with Crippen molar-refractivity contribution in [3.05, 3.63) is 64.8 Å². The van der Waals surface area contributed by atoms with Crippen LogP contribution in [0.1, 0.15) is 5.69 Å². The summed E-state index contributed by atoms with van der Waals surface area (Å²) < 4.78 is 7.57. The lowest BCUT2D eigenvalue weighted by molar-refractivity contribution is 0.183. The van der Waals surface area contributed by atoms with Gasteiger partial charge < -0.3 is 10.5 Å². The van der Waals surface area contributed by atoms with Crippen LogP contribution < -0.4 is 11.2 Å². The molecule has 0 aliphatic heterocycles. The summed E-state index contributed by atoms with van der Waals surface area (Å²) in [5.41, 5.74) is 13.5. The number of hydrogen-bond acceptors (Lipinski definition) is 3. The fourth-order valence-electron chi connectivity index (χ4n) is 3.55. The van der Waals surface area contributed by atoms with Gasteiger partial charge in [0.2, 0.25) is 0 Å². The summed E-state index contributed by atoms with van der Waals surface area (Å²) >= 11 is 3.53. The molecule has 0 unspecified atom stereocenters. The molecule has 4 rings (SSSR count). The maximum Gasteiger partial charge on any atom is 0.426 e. The maximum atomic E-state index is 11.9. The number of hydrogen-bond donors (Lipinski definition) is 2. The number of ether oxygens (including phenoxy) is 1. The predicted molar refractivity (Wildman–Crippen MR) is 113 cm³/mol. The third-order valence-electron chi connectivity index (χ3n) is 4.77. The van der Waals surface area contributed by atoms with Gasteiger partial charge >= 0.3 is 6.09 Å². The summed E-state index contributed by atoms with van der Waals surface area (Å²) in [5, 5.41) is 3.22. The van der Waals surface area contributed by atoms with Crippen molar-refractivity contribution >= 4 is 49.4 Å². The fourth-order valence-corrected chi connectivity index (χ4v) is 3.93. The number of fused-ring (bicyclic) bond motifs is 3. The van der Waals surface area contributed by atoms with Gasteiger partial charge in [-0.2, -0.15) is 0 Å². The number of anilines is 1. The molecule has 1 aromatic heterocycles. The molecule has 0 fully saturated rings. The Morgan fingerprint density at radius 2 is 1.93 bits per heavy atom. The molecule has 0 spiro atoms. The summed E-state index contributed by atoms with van der Waals surface area (Å²) in [5.74, 6) is 0. The Labute approximate surface area is 164 Å². The van der Waals surface area contributed by atoms with E-state index in [4.69, 9.17) is 10.5 Å². The number of carbonyl (C=O) groups is 1. The zero-order valence-corrected chi connectivity index (χ0v) is 16.5. The van der Waals surface area contributed by atoms with Gasteiger partial charge in [0.15, 0.2) is 0 Å². The van der Waals surface area contributed by atoms with E-state index in [0.717, 1.165) is 43.0 Å². The Bertz CT molecular complexity index is 1200. The van der Waals surface area contributed by atoms with E-state index in [1.165, 1.54) is 7.11 Å². The molecule has 0 aliphatic rings. The standard InChI is InChI=1S/C21H18BrN3O2/c1-12-19(16-5-3-4-6-17(16)23)20-15-9-8-14(22)11-13(15)7-10-18(20)25(12)24-21(26)27-2/h3-11H,23H2,1-2H3,(H,24,26). The van der Waals surface area contributed by atoms with Gasteiger partial charge in [-0.05, 0) is 42.0 Å². The van der Waals surface area contributed by atoms with Gasteiger partial charge in [0, 0.05) is 32.4 Å². The largest absolute Gasteiger partial charge is 0.452 e. The van der Waals surface area contributed by atoms with E-state index in [1.807, 2.05) is 49.4 Å². The van der Waals surface area contributed by atoms with Crippen molar-refractivity contribution in [2.45, 2.75) is 6.92 Å². The Morgan fingerprint density at radius 3 is 2.67 bits per heavy atom. The number of methoxy groups -OCH3 is 1. The Morgan fingerprint density at radius 1 is 1.15 bits per heavy atom. The minimum Gasteiger partial charge on any atom is -0.452 e. The van der Waals surface area contributed by atoms with Crippen LogP contribution in [-0.2, 0) is 4.74 Å². The third-order valence-corrected chi connectivity index (χ3v) is 5.26. The van der Waals surface area contributed by atoms with Crippen LogP contribution in [0, 0.1) is 6.92 Å². The fraction of sp³-hybridized carbons (Fsp3) is 0.0952. The zero-order valence-electron chi connectivity index (χ0n) is 14.9. The molecule has 1 heterocycles. The molecule has 6 heteroatoms. The van der Waals surface area contributed by atoms with E-state index < -0.39 is 6.09 Å². The Hall–Kier alpha value is -2.99. The van der Waals surface area contributed by atoms with E-state index in [0.29, 0.717) is 5.69 Å². The number of rotatable bonds is 2. The maximum absolute atomic E-state index is 11.9. The molecule has 3 aromatic carbocycles. The SMILES string of the molecule is COC(=O)Nn1c(C)c(-c2ccccc2N)c2c3ccc(Br)cc3ccc21. The molecular formula is C21H18BrN3O2. The number of amides is 1. The number of nitrogens with two attached hydrogens (primary N) is 1. The van der Waals surface area contributed by atoms with E-state index >= 15 is 0 Å². The van der Waals surface area contributed by atoms with Crippen LogP contribution in [-0.4, -0.2) is 17.9 Å². The number of halogens is 1. The molecule has 1 amide bonds. The average molecular weight is 424 g/mol. The van der Waals surface area contributed by atoms with Crippen molar-refractivity contribution < 1.29 is 9.53 Å². The first kappa shape index (κ1) is 17.4. The van der Waals surface area contributed by atoms with Gasteiger partial charge in [0.25, 0.3) is 0 Å². The lowest BCUT2D eigenvalue weighted by Crippen LogP contribution is -2.23. The highest BCUT2D eigenvalue weighted by Crippen LogP contribution is 2.41. The molecule has 4 aromatic rings. The lowest BCUT2D eigenvalue weighted by Gasteiger charge is -2.10.